The van der Waals surface area contributed by atoms with Gasteiger partial charge in [0.25, 0.3) is 0 Å². The van der Waals surface area contributed by atoms with Gasteiger partial charge in [0.05, 0.1) is 6.04 Å². The molecule has 0 spiro atoms. The van der Waals surface area contributed by atoms with Crippen molar-refractivity contribution >= 4 is 64.5 Å². The van der Waals surface area contributed by atoms with E-state index in [2.05, 4.69) is 5.32 Å². The molecule has 0 bridgehead atoms. The van der Waals surface area contributed by atoms with Gasteiger partial charge in [-0.25, -0.2) is 0 Å². The summed E-state index contributed by atoms with van der Waals surface area (Å²) in [6.07, 6.45) is -5.08. The van der Waals surface area contributed by atoms with E-state index in [4.69, 9.17) is 53.8 Å². The maximum Gasteiger partial charge on any atom is 0.303 e. The van der Waals surface area contributed by atoms with Crippen LogP contribution in [0.15, 0.2) is 35.2 Å². The van der Waals surface area contributed by atoms with Crippen molar-refractivity contribution in [1.82, 2.24) is 5.32 Å². The molecule has 1 aromatic carbocycles. The quantitative estimate of drug-likeness (QED) is 0.219. The SMILES string of the molecule is CC(=O)OC[C@H]1O[C@@H](Sc2ccccc2)C(NC(O)C(Cl)(Cl)Cl)[C@@H](OC(C)=O)[C@@H]1OC(C)=O. The van der Waals surface area contributed by atoms with Crippen LogP contribution in [0, 0.1) is 0 Å². The van der Waals surface area contributed by atoms with Crippen molar-refractivity contribution in [2.75, 3.05) is 6.61 Å². The molecule has 0 radical (unpaired) electrons. The summed E-state index contributed by atoms with van der Waals surface area (Å²) < 4.78 is 19.9. The Morgan fingerprint density at radius 1 is 1.06 bits per heavy atom. The standard InChI is InChI=1S/C20H24Cl3NO8S/c1-10(25)29-9-14-16(30-11(2)26)17(31-12(3)27)15(24-19(28)20(21,22)23)18(32-14)33-13-7-5-4-6-8-13/h4-8,14-19,24,28H,9H2,1-3H3/t14-,15?,16-,17-,18+,19?/m1/s1. The molecule has 1 aliphatic heterocycles. The number of halogens is 3. The summed E-state index contributed by atoms with van der Waals surface area (Å²) in [5.41, 5.74) is -0.855. The first-order chi connectivity index (χ1) is 15.4. The van der Waals surface area contributed by atoms with E-state index in [0.29, 0.717) is 0 Å². The van der Waals surface area contributed by atoms with Crippen molar-refractivity contribution in [3.8, 4) is 0 Å². The van der Waals surface area contributed by atoms with Crippen molar-refractivity contribution in [1.29, 1.82) is 0 Å². The lowest BCUT2D eigenvalue weighted by Gasteiger charge is -2.46. The molecule has 0 amide bonds. The molecule has 1 heterocycles. The van der Waals surface area contributed by atoms with Crippen LogP contribution in [0.4, 0.5) is 0 Å². The highest BCUT2D eigenvalue weighted by atomic mass is 35.6. The predicted octanol–water partition coefficient (Wildman–Crippen LogP) is 2.58. The van der Waals surface area contributed by atoms with E-state index in [-0.39, 0.29) is 6.61 Å². The Bertz CT molecular complexity index is 825. The van der Waals surface area contributed by atoms with E-state index in [1.165, 1.54) is 25.6 Å². The Hall–Kier alpha value is -1.27. The van der Waals surface area contributed by atoms with Crippen LogP contribution in [0.3, 0.4) is 0 Å². The first kappa shape index (κ1) is 28.0. The summed E-state index contributed by atoms with van der Waals surface area (Å²) in [5.74, 6) is -1.96. The van der Waals surface area contributed by atoms with E-state index >= 15 is 0 Å². The highest BCUT2D eigenvalue weighted by molar-refractivity contribution is 7.99. The van der Waals surface area contributed by atoms with Crippen molar-refractivity contribution in [3.63, 3.8) is 0 Å². The lowest BCUT2D eigenvalue weighted by molar-refractivity contribution is -0.214. The molecule has 1 aliphatic rings. The second kappa shape index (κ2) is 12.4. The number of esters is 3. The molecular formula is C20H24Cl3NO8S. The van der Waals surface area contributed by atoms with E-state index in [1.807, 2.05) is 30.3 Å². The zero-order valence-corrected chi connectivity index (χ0v) is 21.0. The number of carbonyl (C=O) groups is 3. The Balaban J connectivity index is 2.48. The third kappa shape index (κ3) is 8.79. The highest BCUT2D eigenvalue weighted by Crippen LogP contribution is 2.37. The van der Waals surface area contributed by atoms with Gasteiger partial charge in [-0.1, -0.05) is 64.8 Å². The average Bonchev–Trinajstić information content (AvgIpc) is 2.70. The number of alkyl halides is 3. The van der Waals surface area contributed by atoms with Gasteiger partial charge in [-0.2, -0.15) is 0 Å². The largest absolute Gasteiger partial charge is 0.463 e. The van der Waals surface area contributed by atoms with Gasteiger partial charge in [0.1, 0.15) is 18.1 Å². The fourth-order valence-electron chi connectivity index (χ4n) is 3.09. The summed E-state index contributed by atoms with van der Waals surface area (Å²) in [6.45, 7) is 3.27. The topological polar surface area (TPSA) is 120 Å². The second-order valence-corrected chi connectivity index (χ2v) is 10.6. The second-order valence-electron chi connectivity index (χ2n) is 7.06. The summed E-state index contributed by atoms with van der Waals surface area (Å²) in [6, 6.07) is 8.07. The van der Waals surface area contributed by atoms with Crippen molar-refractivity contribution < 1.29 is 38.4 Å². The number of carbonyl (C=O) groups excluding carboxylic acids is 3. The minimum Gasteiger partial charge on any atom is -0.463 e. The van der Waals surface area contributed by atoms with E-state index < -0.39 is 57.7 Å². The summed E-state index contributed by atoms with van der Waals surface area (Å²) >= 11 is 18.7. The van der Waals surface area contributed by atoms with Gasteiger partial charge in [-0.05, 0) is 12.1 Å². The first-order valence-electron chi connectivity index (χ1n) is 9.74. The number of nitrogens with one attached hydrogen (secondary N) is 1. The molecule has 2 unspecified atom stereocenters. The van der Waals surface area contributed by atoms with Gasteiger partial charge < -0.3 is 24.1 Å². The number of aliphatic hydroxyl groups excluding tert-OH is 1. The summed E-state index contributed by atoms with van der Waals surface area (Å²) in [7, 11) is 0. The van der Waals surface area contributed by atoms with Crippen molar-refractivity contribution in [3.05, 3.63) is 30.3 Å². The van der Waals surface area contributed by atoms with Crippen LogP contribution in [0.1, 0.15) is 20.8 Å². The van der Waals surface area contributed by atoms with Gasteiger partial charge >= 0.3 is 17.9 Å². The van der Waals surface area contributed by atoms with Gasteiger partial charge in [-0.15, -0.1) is 0 Å². The molecule has 0 aromatic heterocycles. The third-order valence-electron chi connectivity index (χ3n) is 4.36. The van der Waals surface area contributed by atoms with Gasteiger partial charge in [0.15, 0.2) is 18.4 Å². The fourth-order valence-corrected chi connectivity index (χ4v) is 4.44. The normalized spacial score (nSPS) is 26.2. The molecule has 1 fully saturated rings. The molecule has 0 saturated carbocycles. The number of aliphatic hydroxyl groups is 1. The predicted molar refractivity (Wildman–Crippen MR) is 122 cm³/mol. The molecular weight excluding hydrogens is 521 g/mol. The fraction of sp³-hybridized carbons (Fsp3) is 0.550. The smallest absolute Gasteiger partial charge is 0.303 e. The van der Waals surface area contributed by atoms with Crippen LogP contribution in [0.25, 0.3) is 0 Å². The summed E-state index contributed by atoms with van der Waals surface area (Å²) in [4.78, 5) is 35.9. The number of benzene rings is 1. The van der Waals surface area contributed by atoms with Crippen LogP contribution in [-0.2, 0) is 33.3 Å². The number of hydrogen-bond acceptors (Lipinski definition) is 10. The van der Waals surface area contributed by atoms with Gasteiger partial charge in [0, 0.05) is 25.7 Å². The number of thioether (sulfide) groups is 1. The van der Waals surface area contributed by atoms with Gasteiger partial charge in [-0.3, -0.25) is 19.7 Å². The van der Waals surface area contributed by atoms with Crippen LogP contribution in [0.5, 0.6) is 0 Å². The molecule has 9 nitrogen and oxygen atoms in total. The Labute approximate surface area is 210 Å². The molecule has 6 atom stereocenters. The van der Waals surface area contributed by atoms with Crippen molar-refractivity contribution in [2.45, 2.75) is 65.5 Å². The Morgan fingerprint density at radius 3 is 2.15 bits per heavy atom. The summed E-state index contributed by atoms with van der Waals surface area (Å²) in [5, 5.41) is 13.1. The third-order valence-corrected chi connectivity index (χ3v) is 6.16. The van der Waals surface area contributed by atoms with Gasteiger partial charge in [0.2, 0.25) is 3.79 Å². The molecule has 0 aliphatic carbocycles. The molecule has 184 valence electrons. The number of ether oxygens (including phenoxy) is 4. The zero-order chi connectivity index (χ0) is 24.8. The Kier molecular flexibility index (Phi) is 10.5. The van der Waals surface area contributed by atoms with Crippen LogP contribution in [-0.4, -0.2) is 69.4 Å². The van der Waals surface area contributed by atoms with Crippen LogP contribution in [0.2, 0.25) is 0 Å². The number of rotatable bonds is 8. The minimum atomic E-state index is -2.13. The monoisotopic (exact) mass is 543 g/mol. The highest BCUT2D eigenvalue weighted by Gasteiger charge is 2.52. The molecule has 33 heavy (non-hydrogen) atoms. The first-order valence-corrected chi connectivity index (χ1v) is 11.8. The minimum absolute atomic E-state index is 0.281. The molecule has 2 rings (SSSR count). The molecule has 13 heteroatoms. The average molecular weight is 545 g/mol. The van der Waals surface area contributed by atoms with Crippen molar-refractivity contribution in [2.24, 2.45) is 0 Å². The van der Waals surface area contributed by atoms with E-state index in [1.54, 1.807) is 0 Å². The maximum absolute atomic E-state index is 11.9. The van der Waals surface area contributed by atoms with E-state index in [0.717, 1.165) is 11.8 Å². The molecule has 1 saturated heterocycles. The molecule has 2 N–H and O–H groups in total. The maximum atomic E-state index is 11.9. The Morgan fingerprint density at radius 2 is 1.64 bits per heavy atom. The number of hydrogen-bond donors (Lipinski definition) is 2. The van der Waals surface area contributed by atoms with Crippen LogP contribution >= 0.6 is 46.6 Å². The molecule has 1 aromatic rings. The lowest BCUT2D eigenvalue weighted by Crippen LogP contribution is -2.67. The lowest BCUT2D eigenvalue weighted by atomic mass is 9.97. The van der Waals surface area contributed by atoms with E-state index in [9.17, 15) is 19.5 Å². The zero-order valence-electron chi connectivity index (χ0n) is 17.9. The van der Waals surface area contributed by atoms with Crippen LogP contribution < -0.4 is 5.32 Å².